The van der Waals surface area contributed by atoms with E-state index in [-0.39, 0.29) is 0 Å². The maximum absolute atomic E-state index is 4.04. The standard InChI is InChI=1S/C6H9N/c1-2-6-3-4-7-5-6/h2,5H,3-4H2,1H3/b6-2-. The van der Waals surface area contributed by atoms with Crippen LogP contribution in [0.4, 0.5) is 0 Å². The van der Waals surface area contributed by atoms with Crippen LogP contribution in [-0.4, -0.2) is 12.8 Å². The average molecular weight is 95.1 g/mol. The molecule has 0 amide bonds. The van der Waals surface area contributed by atoms with Crippen molar-refractivity contribution in [3.05, 3.63) is 11.6 Å². The Morgan fingerprint density at radius 1 is 1.86 bits per heavy atom. The zero-order valence-electron chi connectivity index (χ0n) is 4.52. The van der Waals surface area contributed by atoms with Crippen molar-refractivity contribution in [1.82, 2.24) is 0 Å². The Bertz CT molecular complexity index is 109. The quantitative estimate of drug-likeness (QED) is 0.431. The Morgan fingerprint density at radius 2 is 2.71 bits per heavy atom. The van der Waals surface area contributed by atoms with Crippen LogP contribution in [0.5, 0.6) is 0 Å². The molecule has 0 radical (unpaired) electrons. The maximum atomic E-state index is 4.04. The lowest BCUT2D eigenvalue weighted by Gasteiger charge is -1.81. The molecule has 0 bridgehead atoms. The second-order valence-corrected chi connectivity index (χ2v) is 1.65. The van der Waals surface area contributed by atoms with Gasteiger partial charge < -0.3 is 0 Å². The molecule has 38 valence electrons. The van der Waals surface area contributed by atoms with Gasteiger partial charge >= 0.3 is 0 Å². The van der Waals surface area contributed by atoms with Crippen molar-refractivity contribution >= 4 is 6.21 Å². The summed E-state index contributed by atoms with van der Waals surface area (Å²) >= 11 is 0. The lowest BCUT2D eigenvalue weighted by molar-refractivity contribution is 1.04. The highest BCUT2D eigenvalue weighted by Crippen LogP contribution is 2.03. The van der Waals surface area contributed by atoms with Gasteiger partial charge in [0.1, 0.15) is 0 Å². The molecule has 1 nitrogen and oxygen atoms in total. The minimum atomic E-state index is 1.000. The second-order valence-electron chi connectivity index (χ2n) is 1.65. The van der Waals surface area contributed by atoms with Gasteiger partial charge in [0.2, 0.25) is 0 Å². The molecular formula is C6H9N. The van der Waals surface area contributed by atoms with E-state index >= 15 is 0 Å². The highest BCUT2D eigenvalue weighted by atomic mass is 14.7. The monoisotopic (exact) mass is 95.1 g/mol. The third kappa shape index (κ3) is 0.889. The van der Waals surface area contributed by atoms with E-state index in [0.29, 0.717) is 0 Å². The summed E-state index contributed by atoms with van der Waals surface area (Å²) < 4.78 is 0. The van der Waals surface area contributed by atoms with Crippen molar-refractivity contribution in [3.63, 3.8) is 0 Å². The average Bonchev–Trinajstić information content (AvgIpc) is 2.14. The maximum Gasteiger partial charge on any atom is 0.0430 e. The van der Waals surface area contributed by atoms with E-state index < -0.39 is 0 Å². The lowest BCUT2D eigenvalue weighted by Crippen LogP contribution is -1.73. The van der Waals surface area contributed by atoms with Crippen LogP contribution in [0, 0.1) is 0 Å². The summed E-state index contributed by atoms with van der Waals surface area (Å²) in [5, 5.41) is 0. The zero-order chi connectivity index (χ0) is 5.11. The van der Waals surface area contributed by atoms with Gasteiger partial charge in [-0.05, 0) is 18.9 Å². The molecule has 7 heavy (non-hydrogen) atoms. The second kappa shape index (κ2) is 1.92. The largest absolute Gasteiger partial charge is 0.293 e. The van der Waals surface area contributed by atoms with Gasteiger partial charge in [0.05, 0.1) is 0 Å². The number of hydrogen-bond acceptors (Lipinski definition) is 1. The molecule has 1 aliphatic rings. The topological polar surface area (TPSA) is 12.4 Å². The van der Waals surface area contributed by atoms with Crippen LogP contribution in [0.25, 0.3) is 0 Å². The predicted molar refractivity (Wildman–Crippen MR) is 31.7 cm³/mol. The summed E-state index contributed by atoms with van der Waals surface area (Å²) in [5.74, 6) is 0. The van der Waals surface area contributed by atoms with Gasteiger partial charge in [0, 0.05) is 12.8 Å². The first-order valence-electron chi connectivity index (χ1n) is 2.58. The number of hydrogen-bond donors (Lipinski definition) is 0. The molecule has 0 saturated carbocycles. The highest BCUT2D eigenvalue weighted by Gasteiger charge is 1.95. The molecule has 0 saturated heterocycles. The van der Waals surface area contributed by atoms with Crippen LogP contribution < -0.4 is 0 Å². The van der Waals surface area contributed by atoms with Crippen molar-refractivity contribution in [1.29, 1.82) is 0 Å². The van der Waals surface area contributed by atoms with E-state index in [9.17, 15) is 0 Å². The first-order valence-corrected chi connectivity index (χ1v) is 2.58. The van der Waals surface area contributed by atoms with Crippen LogP contribution in [0.2, 0.25) is 0 Å². The molecule has 0 aliphatic carbocycles. The van der Waals surface area contributed by atoms with Gasteiger partial charge in [-0.15, -0.1) is 0 Å². The summed E-state index contributed by atoms with van der Waals surface area (Å²) in [5.41, 5.74) is 1.38. The fourth-order valence-corrected chi connectivity index (χ4v) is 0.659. The summed E-state index contributed by atoms with van der Waals surface area (Å²) in [6, 6.07) is 0. The molecule has 1 aliphatic heterocycles. The first-order chi connectivity index (χ1) is 3.43. The fourth-order valence-electron chi connectivity index (χ4n) is 0.659. The van der Waals surface area contributed by atoms with Crippen molar-refractivity contribution in [2.24, 2.45) is 4.99 Å². The summed E-state index contributed by atoms with van der Waals surface area (Å²) in [6.07, 6.45) is 5.20. The Kier molecular flexibility index (Phi) is 1.25. The summed E-state index contributed by atoms with van der Waals surface area (Å²) in [6.45, 7) is 3.05. The van der Waals surface area contributed by atoms with Gasteiger partial charge in [-0.1, -0.05) is 6.08 Å². The van der Waals surface area contributed by atoms with Crippen LogP contribution in [0.15, 0.2) is 16.6 Å². The minimum absolute atomic E-state index is 1.000. The van der Waals surface area contributed by atoms with Gasteiger partial charge in [-0.3, -0.25) is 4.99 Å². The van der Waals surface area contributed by atoms with Gasteiger partial charge in [0.25, 0.3) is 0 Å². The number of rotatable bonds is 0. The van der Waals surface area contributed by atoms with E-state index in [1.165, 1.54) is 5.57 Å². The van der Waals surface area contributed by atoms with Crippen molar-refractivity contribution in [3.8, 4) is 0 Å². The molecule has 1 heteroatoms. The van der Waals surface area contributed by atoms with Gasteiger partial charge in [-0.25, -0.2) is 0 Å². The first kappa shape index (κ1) is 4.57. The Balaban J connectivity index is 2.59. The summed E-state index contributed by atoms with van der Waals surface area (Å²) in [4.78, 5) is 4.04. The highest BCUT2D eigenvalue weighted by molar-refractivity contribution is 5.80. The zero-order valence-corrected chi connectivity index (χ0v) is 4.52. The lowest BCUT2D eigenvalue weighted by atomic mass is 10.2. The number of allylic oxidation sites excluding steroid dienone is 1. The predicted octanol–water partition coefficient (Wildman–Crippen LogP) is 1.41. The van der Waals surface area contributed by atoms with Gasteiger partial charge in [-0.2, -0.15) is 0 Å². The van der Waals surface area contributed by atoms with Gasteiger partial charge in [0.15, 0.2) is 0 Å². The molecule has 1 rings (SSSR count). The molecule has 0 spiro atoms. The molecule has 0 aromatic heterocycles. The molecule has 0 aromatic carbocycles. The van der Waals surface area contributed by atoms with Crippen LogP contribution in [0.3, 0.4) is 0 Å². The van der Waals surface area contributed by atoms with E-state index in [4.69, 9.17) is 0 Å². The normalized spacial score (nSPS) is 24.4. The third-order valence-corrected chi connectivity index (χ3v) is 1.16. The SMILES string of the molecule is C/C=C1\C=NCC1. The molecule has 0 N–H and O–H groups in total. The van der Waals surface area contributed by atoms with E-state index in [2.05, 4.69) is 11.1 Å². The molecular weight excluding hydrogens is 86.1 g/mol. The number of nitrogens with zero attached hydrogens (tertiary/aromatic N) is 1. The Hall–Kier alpha value is -0.590. The molecule has 0 aromatic rings. The Labute approximate surface area is 43.8 Å². The van der Waals surface area contributed by atoms with E-state index in [1.54, 1.807) is 0 Å². The smallest absolute Gasteiger partial charge is 0.0430 e. The summed E-state index contributed by atoms with van der Waals surface area (Å²) in [7, 11) is 0. The molecule has 0 fully saturated rings. The number of aliphatic imine (C=N–C) groups is 1. The van der Waals surface area contributed by atoms with E-state index in [1.807, 2.05) is 13.1 Å². The van der Waals surface area contributed by atoms with Crippen LogP contribution >= 0.6 is 0 Å². The van der Waals surface area contributed by atoms with Crippen molar-refractivity contribution in [2.75, 3.05) is 6.54 Å². The van der Waals surface area contributed by atoms with Crippen LogP contribution in [-0.2, 0) is 0 Å². The molecule has 1 heterocycles. The Morgan fingerprint density at radius 3 is 3.00 bits per heavy atom. The third-order valence-electron chi connectivity index (χ3n) is 1.16. The van der Waals surface area contributed by atoms with Crippen molar-refractivity contribution < 1.29 is 0 Å². The van der Waals surface area contributed by atoms with Crippen LogP contribution in [0.1, 0.15) is 13.3 Å². The molecule has 0 atom stereocenters. The minimum Gasteiger partial charge on any atom is -0.293 e. The fraction of sp³-hybridized carbons (Fsp3) is 0.500. The van der Waals surface area contributed by atoms with E-state index in [0.717, 1.165) is 13.0 Å². The molecule has 0 unspecified atom stereocenters. The van der Waals surface area contributed by atoms with Crippen molar-refractivity contribution in [2.45, 2.75) is 13.3 Å².